The Balaban J connectivity index is 1.34. The van der Waals surface area contributed by atoms with Crippen molar-refractivity contribution in [2.45, 2.75) is 51.6 Å². The van der Waals surface area contributed by atoms with Gasteiger partial charge in [-0.15, -0.1) is 0 Å². The van der Waals surface area contributed by atoms with Crippen LogP contribution in [0, 0.1) is 6.92 Å². The van der Waals surface area contributed by atoms with Crippen LogP contribution < -0.4 is 0 Å². The first-order chi connectivity index (χ1) is 16.2. The van der Waals surface area contributed by atoms with Gasteiger partial charge in [-0.1, -0.05) is 55.3 Å². The average Bonchev–Trinajstić information content (AvgIpc) is 3.50. The number of hydrogen-bond acceptors (Lipinski definition) is 5. The molecule has 1 saturated carbocycles. The van der Waals surface area contributed by atoms with Crippen molar-refractivity contribution in [3.05, 3.63) is 72.3 Å². The Bertz CT molecular complexity index is 1240. The number of hydrogen-bond donors (Lipinski definition) is 0. The lowest BCUT2D eigenvalue weighted by Crippen LogP contribution is -2.42. The number of carbonyl (C=O) groups excluding carboxylic acids is 1. The van der Waals surface area contributed by atoms with Crippen molar-refractivity contribution in [1.82, 2.24) is 29.9 Å². The van der Waals surface area contributed by atoms with Gasteiger partial charge in [-0.25, -0.2) is 9.67 Å². The van der Waals surface area contributed by atoms with Crippen LogP contribution in [0.4, 0.5) is 0 Å². The molecule has 0 atom stereocenters. The quantitative estimate of drug-likeness (QED) is 0.430. The van der Waals surface area contributed by atoms with E-state index in [9.17, 15) is 4.79 Å². The normalized spacial score (nSPS) is 14.1. The van der Waals surface area contributed by atoms with Crippen molar-refractivity contribution in [3.63, 3.8) is 0 Å². The molecule has 0 aliphatic heterocycles. The third kappa shape index (κ3) is 4.62. The van der Waals surface area contributed by atoms with Crippen LogP contribution in [-0.4, -0.2) is 48.4 Å². The van der Waals surface area contributed by atoms with Gasteiger partial charge < -0.3 is 4.90 Å². The largest absolute Gasteiger partial charge is 0.338 e. The zero-order valence-corrected chi connectivity index (χ0v) is 18.9. The molecule has 2 aromatic carbocycles. The fourth-order valence-electron chi connectivity index (χ4n) is 4.82. The zero-order chi connectivity index (χ0) is 22.6. The summed E-state index contributed by atoms with van der Waals surface area (Å²) in [7, 11) is 0. The van der Waals surface area contributed by atoms with Gasteiger partial charge >= 0.3 is 0 Å². The maximum Gasteiger partial charge on any atom is 0.227 e. The van der Waals surface area contributed by atoms with Crippen LogP contribution in [0.15, 0.2) is 60.9 Å². The Kier molecular flexibility index (Phi) is 6.11. The molecule has 1 aliphatic rings. The van der Waals surface area contributed by atoms with E-state index in [-0.39, 0.29) is 5.91 Å². The standard InChI is InChI=1S/C26H28N6O/c1-19-29-26(22-13-14-27-28-18-22)30-32(19)16-15-31(23-10-3-4-11-23)25(33)17-21-9-6-8-20-7-2-5-12-24(20)21/h2,5-9,12-14,18,23H,3-4,10-11,15-17H2,1H3. The summed E-state index contributed by atoms with van der Waals surface area (Å²) in [5.41, 5.74) is 1.93. The van der Waals surface area contributed by atoms with Gasteiger partial charge in [-0.3, -0.25) is 4.79 Å². The Morgan fingerprint density at radius 1 is 1.06 bits per heavy atom. The summed E-state index contributed by atoms with van der Waals surface area (Å²) in [5, 5.41) is 14.7. The fraction of sp³-hybridized carbons (Fsp3) is 0.346. The van der Waals surface area contributed by atoms with Crippen molar-refractivity contribution in [1.29, 1.82) is 0 Å². The molecule has 7 heteroatoms. The van der Waals surface area contributed by atoms with Gasteiger partial charge in [0.1, 0.15) is 5.82 Å². The molecule has 0 radical (unpaired) electrons. The second-order valence-electron chi connectivity index (χ2n) is 8.68. The van der Waals surface area contributed by atoms with Crippen LogP contribution in [-0.2, 0) is 17.8 Å². The topological polar surface area (TPSA) is 76.8 Å². The summed E-state index contributed by atoms with van der Waals surface area (Å²) >= 11 is 0. The van der Waals surface area contributed by atoms with Crippen LogP contribution in [0.1, 0.15) is 37.1 Å². The molecule has 0 saturated heterocycles. The molecule has 2 heterocycles. The zero-order valence-electron chi connectivity index (χ0n) is 18.9. The van der Waals surface area contributed by atoms with Crippen molar-refractivity contribution in [2.24, 2.45) is 0 Å². The van der Waals surface area contributed by atoms with Crippen LogP contribution in [0.3, 0.4) is 0 Å². The Hall–Kier alpha value is -3.61. The lowest BCUT2D eigenvalue weighted by Gasteiger charge is -2.29. The van der Waals surface area contributed by atoms with Gasteiger partial charge in [0.25, 0.3) is 0 Å². The third-order valence-corrected chi connectivity index (χ3v) is 6.56. The summed E-state index contributed by atoms with van der Waals surface area (Å²) < 4.78 is 1.89. The van der Waals surface area contributed by atoms with Crippen LogP contribution >= 0.6 is 0 Å². The number of amides is 1. The molecule has 4 aromatic rings. The third-order valence-electron chi connectivity index (χ3n) is 6.56. The van der Waals surface area contributed by atoms with Crippen molar-refractivity contribution in [2.75, 3.05) is 6.54 Å². The molecular formula is C26H28N6O. The Labute approximate surface area is 193 Å². The molecule has 33 heavy (non-hydrogen) atoms. The van der Waals surface area contributed by atoms with E-state index in [4.69, 9.17) is 0 Å². The first-order valence-electron chi connectivity index (χ1n) is 11.6. The SMILES string of the molecule is Cc1nc(-c2ccnnc2)nn1CCN(C(=O)Cc1cccc2ccccc12)C1CCCC1. The molecule has 0 spiro atoms. The second-order valence-corrected chi connectivity index (χ2v) is 8.68. The van der Waals surface area contributed by atoms with Gasteiger partial charge in [-0.05, 0) is 42.2 Å². The van der Waals surface area contributed by atoms with E-state index >= 15 is 0 Å². The van der Waals surface area contributed by atoms with E-state index in [0.29, 0.717) is 31.4 Å². The molecule has 1 aliphatic carbocycles. The highest BCUT2D eigenvalue weighted by Gasteiger charge is 2.27. The number of nitrogens with zero attached hydrogens (tertiary/aromatic N) is 6. The smallest absolute Gasteiger partial charge is 0.227 e. The molecular weight excluding hydrogens is 412 g/mol. The average molecular weight is 441 g/mol. The number of fused-ring (bicyclic) bond motifs is 1. The number of carbonyl (C=O) groups is 1. The van der Waals surface area contributed by atoms with E-state index in [0.717, 1.165) is 35.2 Å². The minimum absolute atomic E-state index is 0.189. The van der Waals surface area contributed by atoms with Crippen molar-refractivity contribution >= 4 is 16.7 Å². The van der Waals surface area contributed by atoms with Crippen LogP contribution in [0.2, 0.25) is 0 Å². The van der Waals surface area contributed by atoms with Crippen molar-refractivity contribution < 1.29 is 4.79 Å². The van der Waals surface area contributed by atoms with Crippen LogP contribution in [0.5, 0.6) is 0 Å². The van der Waals surface area contributed by atoms with E-state index in [2.05, 4.69) is 49.4 Å². The highest BCUT2D eigenvalue weighted by molar-refractivity contribution is 5.90. The predicted molar refractivity (Wildman–Crippen MR) is 127 cm³/mol. The molecule has 0 bridgehead atoms. The lowest BCUT2D eigenvalue weighted by atomic mass is 10.0. The molecule has 168 valence electrons. The van der Waals surface area contributed by atoms with Gasteiger partial charge in [0.2, 0.25) is 5.91 Å². The summed E-state index contributed by atoms with van der Waals surface area (Å²) in [6, 6.07) is 16.6. The van der Waals surface area contributed by atoms with E-state index < -0.39 is 0 Å². The maximum atomic E-state index is 13.5. The molecule has 1 amide bonds. The highest BCUT2D eigenvalue weighted by Crippen LogP contribution is 2.26. The first-order valence-corrected chi connectivity index (χ1v) is 11.6. The lowest BCUT2D eigenvalue weighted by molar-refractivity contribution is -0.132. The molecule has 2 aromatic heterocycles. The summed E-state index contributed by atoms with van der Waals surface area (Å²) in [6.07, 6.45) is 8.24. The monoisotopic (exact) mass is 440 g/mol. The van der Waals surface area contributed by atoms with E-state index in [1.165, 1.54) is 18.2 Å². The van der Waals surface area contributed by atoms with Gasteiger partial charge in [0.15, 0.2) is 5.82 Å². The minimum Gasteiger partial charge on any atom is -0.338 e. The number of aromatic nitrogens is 5. The summed E-state index contributed by atoms with van der Waals surface area (Å²) in [6.45, 7) is 3.20. The number of rotatable bonds is 7. The van der Waals surface area contributed by atoms with E-state index in [1.54, 1.807) is 12.4 Å². The van der Waals surface area contributed by atoms with Gasteiger partial charge in [0, 0.05) is 18.2 Å². The summed E-state index contributed by atoms with van der Waals surface area (Å²) in [5.74, 6) is 1.65. The maximum absolute atomic E-state index is 13.5. The molecule has 5 rings (SSSR count). The predicted octanol–water partition coefficient (Wildman–Crippen LogP) is 4.21. The minimum atomic E-state index is 0.189. The first kappa shape index (κ1) is 21.2. The van der Waals surface area contributed by atoms with E-state index in [1.807, 2.05) is 35.9 Å². The van der Waals surface area contributed by atoms with Gasteiger partial charge in [0.05, 0.1) is 25.4 Å². The molecule has 7 nitrogen and oxygen atoms in total. The Morgan fingerprint density at radius 3 is 2.70 bits per heavy atom. The van der Waals surface area contributed by atoms with Crippen LogP contribution in [0.25, 0.3) is 22.2 Å². The number of aryl methyl sites for hydroxylation is 1. The highest BCUT2D eigenvalue weighted by atomic mass is 16.2. The molecule has 0 N–H and O–H groups in total. The van der Waals surface area contributed by atoms with Crippen molar-refractivity contribution in [3.8, 4) is 11.4 Å². The Morgan fingerprint density at radius 2 is 1.88 bits per heavy atom. The number of benzene rings is 2. The fourth-order valence-corrected chi connectivity index (χ4v) is 4.82. The second kappa shape index (κ2) is 9.48. The molecule has 0 unspecified atom stereocenters. The summed E-state index contributed by atoms with van der Waals surface area (Å²) in [4.78, 5) is 20.2. The molecule has 1 fully saturated rings. The van der Waals surface area contributed by atoms with Gasteiger partial charge in [-0.2, -0.15) is 15.3 Å².